The van der Waals surface area contributed by atoms with E-state index >= 15 is 0 Å². The van der Waals surface area contributed by atoms with E-state index in [1.807, 2.05) is 0 Å². The molecule has 1 amide bonds. The number of hydrogen-bond donors (Lipinski definition) is 2. The summed E-state index contributed by atoms with van der Waals surface area (Å²) in [6, 6.07) is 2.61. The van der Waals surface area contributed by atoms with Crippen molar-refractivity contribution in [3.8, 4) is 0 Å². The molecular formula is C14H19NO4. The minimum Gasteiger partial charge on any atom is -0.430 e. The van der Waals surface area contributed by atoms with Gasteiger partial charge in [0.05, 0.1) is 11.2 Å². The fraction of sp³-hybridized carbons (Fsp3) is 0.571. The van der Waals surface area contributed by atoms with Crippen molar-refractivity contribution in [3.05, 3.63) is 34.4 Å². The van der Waals surface area contributed by atoms with Crippen molar-refractivity contribution in [2.75, 3.05) is 6.54 Å². The van der Waals surface area contributed by atoms with E-state index in [2.05, 4.69) is 16.7 Å². The van der Waals surface area contributed by atoms with Crippen molar-refractivity contribution >= 4 is 5.91 Å². The number of carbonyl (C=O) groups is 1. The smallest absolute Gasteiger partial charge is 0.335 e. The Hall–Kier alpha value is -1.62. The van der Waals surface area contributed by atoms with Crippen molar-refractivity contribution in [2.24, 2.45) is 5.92 Å². The lowest BCUT2D eigenvalue weighted by molar-refractivity contribution is -0.00541. The van der Waals surface area contributed by atoms with E-state index in [4.69, 9.17) is 0 Å². The minimum atomic E-state index is -0.808. The molecule has 5 heteroatoms. The molecule has 1 aliphatic carbocycles. The summed E-state index contributed by atoms with van der Waals surface area (Å²) in [5.74, 6) is 0.301. The number of carbonyl (C=O) groups excluding carboxylic acids is 1. The van der Waals surface area contributed by atoms with Crippen LogP contribution >= 0.6 is 0 Å². The number of hydrogen-bond acceptors (Lipinski definition) is 4. The van der Waals surface area contributed by atoms with Crippen LogP contribution in [0.1, 0.15) is 43.0 Å². The fourth-order valence-electron chi connectivity index (χ4n) is 2.31. The Labute approximate surface area is 111 Å². The lowest BCUT2D eigenvalue weighted by Gasteiger charge is -2.34. The molecule has 0 bridgehead atoms. The van der Waals surface area contributed by atoms with Gasteiger partial charge < -0.3 is 14.8 Å². The Bertz CT molecular complexity index is 480. The van der Waals surface area contributed by atoms with Gasteiger partial charge in [-0.2, -0.15) is 0 Å². The maximum Gasteiger partial charge on any atom is 0.335 e. The highest BCUT2D eigenvalue weighted by atomic mass is 16.4. The molecular weight excluding hydrogens is 246 g/mol. The topological polar surface area (TPSA) is 79.5 Å². The van der Waals surface area contributed by atoms with Gasteiger partial charge in [-0.05, 0) is 37.7 Å². The summed E-state index contributed by atoms with van der Waals surface area (Å²) in [4.78, 5) is 22.6. The summed E-state index contributed by atoms with van der Waals surface area (Å²) in [5.41, 5.74) is -1.01. The summed E-state index contributed by atoms with van der Waals surface area (Å²) in [6.07, 6.45) is 4.50. The van der Waals surface area contributed by atoms with Gasteiger partial charge in [-0.1, -0.05) is 6.92 Å². The molecule has 0 spiro atoms. The molecule has 0 unspecified atom stereocenters. The highest BCUT2D eigenvalue weighted by Crippen LogP contribution is 2.31. The van der Waals surface area contributed by atoms with E-state index in [9.17, 15) is 14.7 Å². The van der Waals surface area contributed by atoms with Crippen LogP contribution in [0.5, 0.6) is 0 Å². The van der Waals surface area contributed by atoms with Gasteiger partial charge in [0.1, 0.15) is 6.26 Å². The Kier molecular flexibility index (Phi) is 4.04. The van der Waals surface area contributed by atoms with Crippen LogP contribution in [0.4, 0.5) is 0 Å². The second kappa shape index (κ2) is 5.57. The molecule has 1 heterocycles. The van der Waals surface area contributed by atoms with Crippen molar-refractivity contribution in [1.29, 1.82) is 0 Å². The molecule has 0 radical (unpaired) electrons. The third-order valence-corrected chi connectivity index (χ3v) is 3.75. The highest BCUT2D eigenvalue weighted by molar-refractivity contribution is 5.93. The molecule has 2 N–H and O–H groups in total. The van der Waals surface area contributed by atoms with Crippen LogP contribution in [0, 0.1) is 5.92 Å². The van der Waals surface area contributed by atoms with Crippen LogP contribution in [-0.4, -0.2) is 23.2 Å². The second-order valence-corrected chi connectivity index (χ2v) is 5.43. The van der Waals surface area contributed by atoms with Crippen molar-refractivity contribution in [1.82, 2.24) is 5.32 Å². The van der Waals surface area contributed by atoms with E-state index in [1.165, 1.54) is 12.1 Å². The van der Waals surface area contributed by atoms with Crippen molar-refractivity contribution in [2.45, 2.75) is 38.2 Å². The second-order valence-electron chi connectivity index (χ2n) is 5.43. The number of nitrogens with one attached hydrogen (secondary N) is 1. The Morgan fingerprint density at radius 1 is 1.47 bits per heavy atom. The third-order valence-electron chi connectivity index (χ3n) is 3.75. The van der Waals surface area contributed by atoms with Gasteiger partial charge in [0, 0.05) is 12.6 Å². The Morgan fingerprint density at radius 3 is 2.74 bits per heavy atom. The number of rotatable bonds is 3. The van der Waals surface area contributed by atoms with Crippen LogP contribution in [0.15, 0.2) is 27.6 Å². The van der Waals surface area contributed by atoms with Crippen molar-refractivity contribution < 1.29 is 14.3 Å². The molecule has 0 aromatic carbocycles. The molecule has 1 fully saturated rings. The molecule has 1 aromatic heterocycles. The van der Waals surface area contributed by atoms with E-state index in [1.54, 1.807) is 0 Å². The minimum absolute atomic E-state index is 0.234. The zero-order valence-corrected chi connectivity index (χ0v) is 11.0. The van der Waals surface area contributed by atoms with Gasteiger partial charge in [0.2, 0.25) is 0 Å². The Balaban J connectivity index is 1.89. The van der Waals surface area contributed by atoms with Gasteiger partial charge in [-0.25, -0.2) is 4.79 Å². The maximum atomic E-state index is 11.8. The first-order valence-electron chi connectivity index (χ1n) is 6.58. The monoisotopic (exact) mass is 265 g/mol. The third kappa shape index (κ3) is 3.67. The molecule has 0 saturated heterocycles. The van der Waals surface area contributed by atoms with Gasteiger partial charge in [0.15, 0.2) is 0 Å². The summed E-state index contributed by atoms with van der Waals surface area (Å²) in [7, 11) is 0. The summed E-state index contributed by atoms with van der Waals surface area (Å²) in [6.45, 7) is 2.40. The first kappa shape index (κ1) is 13.8. The zero-order chi connectivity index (χ0) is 13.9. The lowest BCUT2D eigenvalue weighted by Crippen LogP contribution is -2.45. The van der Waals surface area contributed by atoms with E-state index in [0.29, 0.717) is 18.8 Å². The average molecular weight is 265 g/mol. The predicted octanol–water partition coefficient (Wildman–Crippen LogP) is 1.31. The lowest BCUT2D eigenvalue weighted by atomic mass is 9.79. The van der Waals surface area contributed by atoms with Gasteiger partial charge in [-0.3, -0.25) is 4.79 Å². The SMILES string of the molecule is CC1CCC(O)(CNC(=O)c2ccc(=O)oc2)CC1. The molecule has 1 aliphatic rings. The normalized spacial score (nSPS) is 26.9. The van der Waals surface area contributed by atoms with Crippen LogP contribution in [0.3, 0.4) is 0 Å². The van der Waals surface area contributed by atoms with E-state index in [-0.39, 0.29) is 18.0 Å². The summed E-state index contributed by atoms with van der Waals surface area (Å²) in [5, 5.41) is 13.0. The van der Waals surface area contributed by atoms with Crippen molar-refractivity contribution in [3.63, 3.8) is 0 Å². The van der Waals surface area contributed by atoms with Crippen LogP contribution in [0.25, 0.3) is 0 Å². The summed E-state index contributed by atoms with van der Waals surface area (Å²) < 4.78 is 4.63. The zero-order valence-electron chi connectivity index (χ0n) is 11.0. The fourth-order valence-corrected chi connectivity index (χ4v) is 2.31. The van der Waals surface area contributed by atoms with E-state index in [0.717, 1.165) is 19.1 Å². The number of amides is 1. The van der Waals surface area contributed by atoms with E-state index < -0.39 is 11.2 Å². The van der Waals surface area contributed by atoms with Gasteiger partial charge in [0.25, 0.3) is 5.91 Å². The van der Waals surface area contributed by atoms with Crippen LogP contribution < -0.4 is 10.9 Å². The molecule has 0 aliphatic heterocycles. The highest BCUT2D eigenvalue weighted by Gasteiger charge is 2.32. The van der Waals surface area contributed by atoms with Crippen LogP contribution in [-0.2, 0) is 0 Å². The number of aliphatic hydroxyl groups is 1. The molecule has 0 atom stereocenters. The average Bonchev–Trinajstić information content (AvgIpc) is 2.41. The quantitative estimate of drug-likeness (QED) is 0.863. The molecule has 1 aromatic rings. The first-order valence-corrected chi connectivity index (χ1v) is 6.58. The Morgan fingerprint density at radius 2 is 2.16 bits per heavy atom. The van der Waals surface area contributed by atoms with Gasteiger partial charge >= 0.3 is 5.63 Å². The predicted molar refractivity (Wildman–Crippen MR) is 69.9 cm³/mol. The molecule has 5 nitrogen and oxygen atoms in total. The largest absolute Gasteiger partial charge is 0.430 e. The molecule has 19 heavy (non-hydrogen) atoms. The standard InChI is InChI=1S/C14H19NO4/c1-10-4-6-14(18,7-5-10)9-15-13(17)11-2-3-12(16)19-8-11/h2-3,8,10,18H,4-7,9H2,1H3,(H,15,17). The first-order chi connectivity index (χ1) is 8.98. The molecule has 1 saturated carbocycles. The molecule has 2 rings (SSSR count). The maximum absolute atomic E-state index is 11.8. The van der Waals surface area contributed by atoms with Gasteiger partial charge in [-0.15, -0.1) is 0 Å². The van der Waals surface area contributed by atoms with Crippen LogP contribution in [0.2, 0.25) is 0 Å². The summed E-state index contributed by atoms with van der Waals surface area (Å²) >= 11 is 0. The molecule has 104 valence electrons.